The molecule has 0 spiro atoms. The highest BCUT2D eigenvalue weighted by atomic mass is 19.1. The third kappa shape index (κ3) is 3.08. The minimum atomic E-state index is -0.466. The van der Waals surface area contributed by atoms with Crippen LogP contribution in [0.25, 0.3) is 0 Å². The first-order chi connectivity index (χ1) is 8.60. The van der Waals surface area contributed by atoms with Crippen molar-refractivity contribution in [3.05, 3.63) is 35.4 Å². The number of nitrogens with one attached hydrogen (secondary N) is 1. The molecule has 1 aromatic rings. The van der Waals surface area contributed by atoms with Gasteiger partial charge in [-0.25, -0.2) is 8.78 Å². The smallest absolute Gasteiger partial charge is 0.126 e. The van der Waals surface area contributed by atoms with Crippen molar-refractivity contribution >= 4 is 0 Å². The standard InChI is InChI=1S/C15H21F2N/c1-10-3-4-11(9-18-2)15(5-10)12-6-13(16)8-14(17)7-12/h6-8,10-11,15,18H,3-5,9H2,1-2H3. The van der Waals surface area contributed by atoms with Crippen molar-refractivity contribution in [2.24, 2.45) is 11.8 Å². The molecule has 18 heavy (non-hydrogen) atoms. The van der Waals surface area contributed by atoms with E-state index in [4.69, 9.17) is 0 Å². The van der Waals surface area contributed by atoms with Gasteiger partial charge in [0.2, 0.25) is 0 Å². The average molecular weight is 253 g/mol. The second kappa shape index (κ2) is 5.79. The van der Waals surface area contributed by atoms with E-state index >= 15 is 0 Å². The monoisotopic (exact) mass is 253 g/mol. The first-order valence-corrected chi connectivity index (χ1v) is 6.70. The molecule has 1 aliphatic carbocycles. The van der Waals surface area contributed by atoms with Crippen LogP contribution in [0, 0.1) is 23.5 Å². The van der Waals surface area contributed by atoms with Gasteiger partial charge < -0.3 is 5.32 Å². The topological polar surface area (TPSA) is 12.0 Å². The summed E-state index contributed by atoms with van der Waals surface area (Å²) in [6.07, 6.45) is 3.36. The zero-order valence-corrected chi connectivity index (χ0v) is 11.0. The molecule has 2 rings (SSSR count). The molecule has 1 nitrogen and oxygen atoms in total. The molecule has 0 saturated heterocycles. The summed E-state index contributed by atoms with van der Waals surface area (Å²) in [5.74, 6) is 0.450. The Morgan fingerprint density at radius 1 is 1.17 bits per heavy atom. The van der Waals surface area contributed by atoms with Gasteiger partial charge in [-0.3, -0.25) is 0 Å². The van der Waals surface area contributed by atoms with Crippen LogP contribution in [0.3, 0.4) is 0 Å². The summed E-state index contributed by atoms with van der Waals surface area (Å²) in [4.78, 5) is 0. The van der Waals surface area contributed by atoms with Crippen molar-refractivity contribution in [2.75, 3.05) is 13.6 Å². The molecule has 0 bridgehead atoms. The molecule has 0 heterocycles. The van der Waals surface area contributed by atoms with Crippen LogP contribution in [0.4, 0.5) is 8.78 Å². The Hall–Kier alpha value is -0.960. The summed E-state index contributed by atoms with van der Waals surface area (Å²) in [7, 11) is 1.93. The predicted octanol–water partition coefficient (Wildman–Crippen LogP) is 3.70. The quantitative estimate of drug-likeness (QED) is 0.866. The second-order valence-corrected chi connectivity index (χ2v) is 5.55. The fraction of sp³-hybridized carbons (Fsp3) is 0.600. The number of rotatable bonds is 3. The van der Waals surface area contributed by atoms with Crippen LogP contribution >= 0.6 is 0 Å². The van der Waals surface area contributed by atoms with Crippen LogP contribution in [-0.4, -0.2) is 13.6 Å². The third-order valence-electron chi connectivity index (χ3n) is 4.03. The van der Waals surface area contributed by atoms with Gasteiger partial charge in [-0.05, 0) is 61.9 Å². The van der Waals surface area contributed by atoms with Gasteiger partial charge in [-0.2, -0.15) is 0 Å². The minimum Gasteiger partial charge on any atom is -0.319 e. The van der Waals surface area contributed by atoms with E-state index in [1.807, 2.05) is 7.05 Å². The molecule has 3 heteroatoms. The van der Waals surface area contributed by atoms with E-state index in [1.54, 1.807) is 0 Å². The molecule has 1 aliphatic rings. The van der Waals surface area contributed by atoms with Gasteiger partial charge in [-0.15, -0.1) is 0 Å². The van der Waals surface area contributed by atoms with Crippen LogP contribution in [0.5, 0.6) is 0 Å². The SMILES string of the molecule is CNCC1CCC(C)CC1c1cc(F)cc(F)c1. The van der Waals surface area contributed by atoms with E-state index in [0.717, 1.165) is 31.0 Å². The number of hydrogen-bond donors (Lipinski definition) is 1. The van der Waals surface area contributed by atoms with Gasteiger partial charge in [0.05, 0.1) is 0 Å². The lowest BCUT2D eigenvalue weighted by molar-refractivity contribution is 0.244. The predicted molar refractivity (Wildman–Crippen MR) is 69.5 cm³/mol. The fourth-order valence-electron chi connectivity index (χ4n) is 3.15. The van der Waals surface area contributed by atoms with Gasteiger partial charge in [0.15, 0.2) is 0 Å². The van der Waals surface area contributed by atoms with Crippen LogP contribution in [0.2, 0.25) is 0 Å². The fourth-order valence-corrected chi connectivity index (χ4v) is 3.15. The van der Waals surface area contributed by atoms with Crippen molar-refractivity contribution < 1.29 is 8.78 Å². The molecular formula is C15H21F2N. The molecule has 3 atom stereocenters. The molecule has 0 radical (unpaired) electrons. The summed E-state index contributed by atoms with van der Waals surface area (Å²) < 4.78 is 26.7. The Morgan fingerprint density at radius 3 is 2.44 bits per heavy atom. The Balaban J connectivity index is 2.25. The highest BCUT2D eigenvalue weighted by Gasteiger charge is 2.29. The van der Waals surface area contributed by atoms with Gasteiger partial charge in [0.25, 0.3) is 0 Å². The van der Waals surface area contributed by atoms with Crippen molar-refractivity contribution in [1.82, 2.24) is 5.32 Å². The normalized spacial score (nSPS) is 28.3. The van der Waals surface area contributed by atoms with E-state index in [2.05, 4.69) is 12.2 Å². The summed E-state index contributed by atoms with van der Waals surface area (Å²) in [5.41, 5.74) is 0.819. The van der Waals surface area contributed by atoms with Crippen LogP contribution < -0.4 is 5.32 Å². The van der Waals surface area contributed by atoms with Crippen LogP contribution in [0.1, 0.15) is 37.7 Å². The van der Waals surface area contributed by atoms with Gasteiger partial charge >= 0.3 is 0 Å². The lowest BCUT2D eigenvalue weighted by Gasteiger charge is -2.35. The summed E-state index contributed by atoms with van der Waals surface area (Å²) in [6.45, 7) is 3.13. The number of benzene rings is 1. The maximum absolute atomic E-state index is 13.3. The molecule has 0 amide bonds. The molecule has 1 saturated carbocycles. The van der Waals surface area contributed by atoms with Crippen LogP contribution in [-0.2, 0) is 0 Å². The summed E-state index contributed by atoms with van der Waals surface area (Å²) >= 11 is 0. The zero-order valence-electron chi connectivity index (χ0n) is 11.0. The molecule has 1 aromatic carbocycles. The number of halogens is 2. The Morgan fingerprint density at radius 2 is 1.83 bits per heavy atom. The molecular weight excluding hydrogens is 232 g/mol. The highest BCUT2D eigenvalue weighted by molar-refractivity contribution is 5.23. The highest BCUT2D eigenvalue weighted by Crippen LogP contribution is 2.40. The van der Waals surface area contributed by atoms with E-state index in [-0.39, 0.29) is 5.92 Å². The number of hydrogen-bond acceptors (Lipinski definition) is 1. The largest absolute Gasteiger partial charge is 0.319 e. The van der Waals surface area contributed by atoms with Crippen molar-refractivity contribution in [1.29, 1.82) is 0 Å². The zero-order chi connectivity index (χ0) is 13.1. The first-order valence-electron chi connectivity index (χ1n) is 6.70. The van der Waals surface area contributed by atoms with Crippen molar-refractivity contribution in [2.45, 2.75) is 32.1 Å². The summed E-state index contributed by atoms with van der Waals surface area (Å²) in [6, 6.07) is 3.94. The Labute approximate surface area is 108 Å². The molecule has 0 aliphatic heterocycles. The molecule has 3 unspecified atom stereocenters. The minimum absolute atomic E-state index is 0.270. The Kier molecular flexibility index (Phi) is 4.33. The van der Waals surface area contributed by atoms with Gasteiger partial charge in [0, 0.05) is 6.07 Å². The maximum Gasteiger partial charge on any atom is 0.126 e. The van der Waals surface area contributed by atoms with Crippen molar-refractivity contribution in [3.8, 4) is 0 Å². The Bertz CT molecular complexity index is 385. The van der Waals surface area contributed by atoms with Gasteiger partial charge in [0.1, 0.15) is 11.6 Å². The summed E-state index contributed by atoms with van der Waals surface area (Å²) in [5, 5.41) is 3.19. The molecule has 100 valence electrons. The lowest BCUT2D eigenvalue weighted by Crippen LogP contribution is -2.30. The van der Waals surface area contributed by atoms with E-state index in [0.29, 0.717) is 11.8 Å². The first kappa shape index (κ1) is 13.5. The maximum atomic E-state index is 13.3. The molecule has 1 fully saturated rings. The van der Waals surface area contributed by atoms with Crippen LogP contribution in [0.15, 0.2) is 18.2 Å². The lowest BCUT2D eigenvalue weighted by atomic mass is 9.71. The van der Waals surface area contributed by atoms with E-state index < -0.39 is 11.6 Å². The van der Waals surface area contributed by atoms with Gasteiger partial charge in [-0.1, -0.05) is 13.3 Å². The van der Waals surface area contributed by atoms with E-state index in [9.17, 15) is 8.78 Å². The van der Waals surface area contributed by atoms with E-state index in [1.165, 1.54) is 18.6 Å². The molecule has 1 N–H and O–H groups in total. The average Bonchev–Trinajstić information content (AvgIpc) is 2.30. The molecule has 0 aromatic heterocycles. The second-order valence-electron chi connectivity index (χ2n) is 5.55. The van der Waals surface area contributed by atoms with Crippen molar-refractivity contribution in [3.63, 3.8) is 0 Å². The third-order valence-corrected chi connectivity index (χ3v) is 4.03.